The number of esters is 2. The highest BCUT2D eigenvalue weighted by Gasteiger charge is 2.37. The fourth-order valence-corrected chi connectivity index (χ4v) is 5.56. The zero-order valence-corrected chi connectivity index (χ0v) is 29.8. The van der Waals surface area contributed by atoms with Crippen molar-refractivity contribution >= 4 is 35.4 Å². The molecule has 3 rings (SSSR count). The number of carbonyl (C=O) groups excluding carboxylic acids is 4. The van der Waals surface area contributed by atoms with E-state index in [1.807, 2.05) is 26.0 Å². The number of aliphatic hydroxyl groups is 2. The Labute approximate surface area is 293 Å². The van der Waals surface area contributed by atoms with Crippen molar-refractivity contribution in [2.75, 3.05) is 13.7 Å². The van der Waals surface area contributed by atoms with Gasteiger partial charge in [0, 0.05) is 25.3 Å². The molecule has 4 N–H and O–H groups in total. The summed E-state index contributed by atoms with van der Waals surface area (Å²) in [6.45, 7) is 8.45. The van der Waals surface area contributed by atoms with E-state index >= 15 is 0 Å². The molecule has 0 radical (unpaired) electrons. The minimum Gasteiger partial charge on any atom is -0.495 e. The predicted octanol–water partition coefficient (Wildman–Crippen LogP) is 4.08. The number of amides is 2. The largest absolute Gasteiger partial charge is 0.495 e. The summed E-state index contributed by atoms with van der Waals surface area (Å²) >= 11 is 6.31. The molecule has 2 aromatic rings. The van der Waals surface area contributed by atoms with Gasteiger partial charge in [-0.15, -0.1) is 0 Å². The molecule has 2 aromatic carbocycles. The molecule has 11 nitrogen and oxygen atoms in total. The van der Waals surface area contributed by atoms with E-state index in [1.165, 1.54) is 19.3 Å². The van der Waals surface area contributed by atoms with E-state index in [0.717, 1.165) is 11.1 Å². The molecule has 2 amide bonds. The van der Waals surface area contributed by atoms with E-state index in [-0.39, 0.29) is 44.8 Å². The number of cyclic esters (lactones) is 2. The molecule has 1 aliphatic rings. The molecular weight excluding hydrogens is 652 g/mol. The molecule has 0 fully saturated rings. The van der Waals surface area contributed by atoms with Gasteiger partial charge in [-0.3, -0.25) is 14.4 Å². The minimum atomic E-state index is -1.24. The van der Waals surface area contributed by atoms with Crippen LogP contribution < -0.4 is 15.4 Å². The molecule has 1 aliphatic heterocycles. The fourth-order valence-electron chi connectivity index (χ4n) is 5.27. The molecule has 5 atom stereocenters. The van der Waals surface area contributed by atoms with Crippen molar-refractivity contribution < 1.29 is 43.6 Å². The summed E-state index contributed by atoms with van der Waals surface area (Å²) in [7, 11) is 1.49. The third-order valence-corrected chi connectivity index (χ3v) is 8.79. The molecule has 0 saturated carbocycles. The van der Waals surface area contributed by atoms with Gasteiger partial charge >= 0.3 is 11.9 Å². The van der Waals surface area contributed by atoms with E-state index in [4.69, 9.17) is 25.8 Å². The maximum absolute atomic E-state index is 13.6. The molecule has 49 heavy (non-hydrogen) atoms. The zero-order chi connectivity index (χ0) is 36.3. The molecule has 12 heteroatoms. The molecule has 0 spiro atoms. The Morgan fingerprint density at radius 2 is 1.65 bits per heavy atom. The second kappa shape index (κ2) is 18.2. The van der Waals surface area contributed by atoms with Crippen LogP contribution in [0.4, 0.5) is 0 Å². The summed E-state index contributed by atoms with van der Waals surface area (Å²) in [5.41, 5.74) is 0.986. The van der Waals surface area contributed by atoms with E-state index in [2.05, 4.69) is 10.6 Å². The van der Waals surface area contributed by atoms with Crippen LogP contribution in [0.15, 0.2) is 54.6 Å². The first kappa shape index (κ1) is 39.5. The van der Waals surface area contributed by atoms with Crippen LogP contribution in [-0.2, 0) is 48.1 Å². The highest BCUT2D eigenvalue weighted by molar-refractivity contribution is 6.32. The molecule has 0 bridgehead atoms. The van der Waals surface area contributed by atoms with Gasteiger partial charge in [0.1, 0.15) is 17.9 Å². The Kier molecular flexibility index (Phi) is 14.7. The number of benzene rings is 2. The maximum atomic E-state index is 13.6. The van der Waals surface area contributed by atoms with Crippen LogP contribution in [0.5, 0.6) is 5.75 Å². The van der Waals surface area contributed by atoms with Crippen LogP contribution in [0, 0.1) is 17.3 Å². The number of hydrogen-bond donors (Lipinski definition) is 4. The van der Waals surface area contributed by atoms with Crippen LogP contribution in [-0.4, -0.2) is 72.0 Å². The third-order valence-electron chi connectivity index (χ3n) is 8.49. The van der Waals surface area contributed by atoms with E-state index < -0.39 is 59.4 Å². The highest BCUT2D eigenvalue weighted by Crippen LogP contribution is 2.27. The minimum absolute atomic E-state index is 0.0297. The van der Waals surface area contributed by atoms with E-state index in [0.29, 0.717) is 16.3 Å². The lowest BCUT2D eigenvalue weighted by Crippen LogP contribution is -2.51. The Hall–Kier alpha value is -3.93. The Morgan fingerprint density at radius 3 is 2.27 bits per heavy atom. The van der Waals surface area contributed by atoms with Gasteiger partial charge in [-0.25, -0.2) is 4.79 Å². The second-order valence-corrected chi connectivity index (χ2v) is 14.0. The van der Waals surface area contributed by atoms with E-state index in [1.54, 1.807) is 51.1 Å². The second-order valence-electron chi connectivity index (χ2n) is 13.6. The number of carbonyl (C=O) groups is 4. The van der Waals surface area contributed by atoms with Crippen LogP contribution in [0.2, 0.25) is 5.02 Å². The zero-order valence-electron chi connectivity index (χ0n) is 29.0. The molecule has 0 saturated heterocycles. The summed E-state index contributed by atoms with van der Waals surface area (Å²) in [4.78, 5) is 53.6. The predicted molar refractivity (Wildman–Crippen MR) is 185 cm³/mol. The lowest BCUT2D eigenvalue weighted by atomic mass is 9.90. The fraction of sp³-hybridized carbons (Fsp3) is 0.514. The SMILES string of the molecule is COc1ccc(C[C@H]2NC(=O)/C=C/C[C@@H]([C@H](C)[C@H](O)Cc3ccc(CO)cc3)OC(=O)[C@H](CC(C)C)OC(=O)C(C)(C)CNC2=O)cc1Cl. The first-order chi connectivity index (χ1) is 23.1. The van der Waals surface area contributed by atoms with Crippen LogP contribution >= 0.6 is 11.6 Å². The number of ether oxygens (including phenoxy) is 3. The number of nitrogens with one attached hydrogen (secondary N) is 2. The molecule has 268 valence electrons. The number of halogens is 1. The van der Waals surface area contributed by atoms with Gasteiger partial charge < -0.3 is 35.1 Å². The van der Waals surface area contributed by atoms with Crippen LogP contribution in [0.25, 0.3) is 0 Å². The molecule has 0 unspecified atom stereocenters. The topological polar surface area (TPSA) is 160 Å². The Morgan fingerprint density at radius 1 is 1.00 bits per heavy atom. The third kappa shape index (κ3) is 11.9. The first-order valence-corrected chi connectivity index (χ1v) is 16.9. The molecule has 0 aliphatic carbocycles. The standard InChI is InChI=1S/C37H49ClN2O9/c1-22(2)16-32-35(45)48-30(23(3)29(42)19-24-10-12-25(20-41)13-11-24)8-7-9-33(43)40-28(18-26-14-15-31(47-6)27(38)17-26)34(44)39-21-37(4,5)36(46)49-32/h7,9-15,17,22-23,28-30,32,41-42H,8,16,18-21H2,1-6H3,(H,39,44)(H,40,43)/b9-7+/t23-,28-,29-,30+,32+/m1/s1. The highest BCUT2D eigenvalue weighted by atomic mass is 35.5. The lowest BCUT2D eigenvalue weighted by molar-refractivity contribution is -0.180. The number of hydrogen-bond acceptors (Lipinski definition) is 9. The lowest BCUT2D eigenvalue weighted by Gasteiger charge is -2.31. The van der Waals surface area contributed by atoms with Gasteiger partial charge in [0.25, 0.3) is 0 Å². The van der Waals surface area contributed by atoms with Crippen molar-refractivity contribution in [3.8, 4) is 5.75 Å². The molecular formula is C37H49ClN2O9. The smallest absolute Gasteiger partial charge is 0.347 e. The Bertz CT molecular complexity index is 1470. The van der Waals surface area contributed by atoms with Gasteiger partial charge in [0.05, 0.1) is 30.3 Å². The molecule has 1 heterocycles. The summed E-state index contributed by atoms with van der Waals surface area (Å²) in [5, 5.41) is 26.4. The van der Waals surface area contributed by atoms with Crippen molar-refractivity contribution in [1.82, 2.24) is 10.6 Å². The van der Waals surface area contributed by atoms with Gasteiger partial charge in [0.15, 0.2) is 6.10 Å². The van der Waals surface area contributed by atoms with Crippen molar-refractivity contribution in [1.29, 1.82) is 0 Å². The van der Waals surface area contributed by atoms with Gasteiger partial charge in [-0.05, 0) is 67.5 Å². The number of aliphatic hydroxyl groups excluding tert-OH is 2. The van der Waals surface area contributed by atoms with Crippen molar-refractivity contribution in [3.63, 3.8) is 0 Å². The Balaban J connectivity index is 1.93. The maximum Gasteiger partial charge on any atom is 0.347 e. The average Bonchev–Trinajstić information content (AvgIpc) is 3.05. The first-order valence-electron chi connectivity index (χ1n) is 16.5. The summed E-state index contributed by atoms with van der Waals surface area (Å²) < 4.78 is 16.9. The van der Waals surface area contributed by atoms with Crippen LogP contribution in [0.3, 0.4) is 0 Å². The summed E-state index contributed by atoms with van der Waals surface area (Å²) in [6.07, 6.45) is 0.305. The van der Waals surface area contributed by atoms with Gasteiger partial charge in [-0.2, -0.15) is 0 Å². The van der Waals surface area contributed by atoms with Gasteiger partial charge in [-0.1, -0.05) is 68.8 Å². The average molecular weight is 701 g/mol. The van der Waals surface area contributed by atoms with Crippen molar-refractivity contribution in [2.24, 2.45) is 17.3 Å². The van der Waals surface area contributed by atoms with Crippen molar-refractivity contribution in [2.45, 2.75) is 91.3 Å². The van der Waals surface area contributed by atoms with Crippen molar-refractivity contribution in [3.05, 3.63) is 76.3 Å². The van der Waals surface area contributed by atoms with Crippen LogP contribution in [0.1, 0.15) is 64.2 Å². The normalized spacial score (nSPS) is 22.7. The molecule has 0 aromatic heterocycles. The quantitative estimate of drug-likeness (QED) is 0.268. The monoisotopic (exact) mass is 700 g/mol. The number of methoxy groups -OCH3 is 1. The summed E-state index contributed by atoms with van der Waals surface area (Å²) in [5.74, 6) is -2.73. The number of rotatable bonds is 10. The van der Waals surface area contributed by atoms with Gasteiger partial charge in [0.2, 0.25) is 11.8 Å². The summed E-state index contributed by atoms with van der Waals surface area (Å²) in [6, 6.07) is 11.2. The van der Waals surface area contributed by atoms with E-state index in [9.17, 15) is 29.4 Å².